The van der Waals surface area contributed by atoms with Crippen LogP contribution in [0.3, 0.4) is 0 Å². The van der Waals surface area contributed by atoms with Crippen LogP contribution in [0.5, 0.6) is 0 Å². The van der Waals surface area contributed by atoms with E-state index in [1.807, 2.05) is 0 Å². The molecule has 33 heavy (non-hydrogen) atoms. The zero-order chi connectivity index (χ0) is 23.1. The predicted molar refractivity (Wildman–Crippen MR) is 126 cm³/mol. The minimum absolute atomic E-state index is 0.0582. The Morgan fingerprint density at radius 3 is 2.85 bits per heavy atom. The van der Waals surface area contributed by atoms with Crippen LogP contribution in [0, 0.1) is 19.7 Å². The second-order valence-electron chi connectivity index (χ2n) is 8.34. The Hall–Kier alpha value is -3.33. The monoisotopic (exact) mass is 465 g/mol. The van der Waals surface area contributed by atoms with Gasteiger partial charge in [0.25, 0.3) is 11.5 Å². The van der Waals surface area contributed by atoms with Crippen molar-refractivity contribution in [1.29, 1.82) is 0 Å². The van der Waals surface area contributed by atoms with Gasteiger partial charge in [-0.3, -0.25) is 14.2 Å². The normalized spacial score (nSPS) is 13.7. The van der Waals surface area contributed by atoms with E-state index in [0.29, 0.717) is 44.3 Å². The summed E-state index contributed by atoms with van der Waals surface area (Å²) < 4.78 is 18.1. The Morgan fingerprint density at radius 1 is 1.24 bits per heavy atom. The van der Waals surface area contributed by atoms with Crippen molar-refractivity contribution in [2.45, 2.75) is 52.6 Å². The smallest absolute Gasteiger partial charge is 0.262 e. The van der Waals surface area contributed by atoms with E-state index >= 15 is 0 Å². The third kappa shape index (κ3) is 3.86. The van der Waals surface area contributed by atoms with E-state index in [1.54, 1.807) is 47.5 Å². The average molecular weight is 466 g/mol. The lowest BCUT2D eigenvalue weighted by atomic mass is 10.1. The van der Waals surface area contributed by atoms with Crippen molar-refractivity contribution in [3.63, 3.8) is 0 Å². The number of halogens is 1. The molecule has 1 aliphatic heterocycles. The molecule has 0 radical (unpaired) electrons. The van der Waals surface area contributed by atoms with E-state index in [9.17, 15) is 14.0 Å². The first-order chi connectivity index (χ1) is 15.9. The van der Waals surface area contributed by atoms with E-state index < -0.39 is 0 Å². The molecule has 0 bridgehead atoms. The van der Waals surface area contributed by atoms with Crippen molar-refractivity contribution < 1.29 is 9.18 Å². The van der Waals surface area contributed by atoms with Crippen LogP contribution in [-0.4, -0.2) is 25.0 Å². The summed E-state index contributed by atoms with van der Waals surface area (Å²) >= 11 is 1.25. The zero-order valence-corrected chi connectivity index (χ0v) is 19.3. The van der Waals surface area contributed by atoms with Crippen LogP contribution in [0.15, 0.2) is 35.4 Å². The minimum Gasteiger partial charge on any atom is -0.347 e. The molecule has 4 aromatic rings. The molecule has 1 amide bonds. The summed E-state index contributed by atoms with van der Waals surface area (Å²) in [6.07, 6.45) is 7.18. The molecule has 1 aliphatic rings. The van der Waals surface area contributed by atoms with E-state index in [4.69, 9.17) is 4.98 Å². The van der Waals surface area contributed by atoms with Gasteiger partial charge in [0.05, 0.1) is 16.0 Å². The van der Waals surface area contributed by atoms with Gasteiger partial charge in [0, 0.05) is 31.9 Å². The van der Waals surface area contributed by atoms with E-state index in [0.717, 1.165) is 31.5 Å². The molecule has 0 atom stereocenters. The summed E-state index contributed by atoms with van der Waals surface area (Å²) in [5, 5.41) is 3.39. The van der Waals surface area contributed by atoms with Gasteiger partial charge in [0.15, 0.2) is 0 Å². The van der Waals surface area contributed by atoms with Crippen LogP contribution in [0.4, 0.5) is 4.39 Å². The van der Waals surface area contributed by atoms with Crippen LogP contribution in [0.1, 0.15) is 51.7 Å². The van der Waals surface area contributed by atoms with Crippen LogP contribution >= 0.6 is 11.3 Å². The molecule has 0 fully saturated rings. The van der Waals surface area contributed by atoms with Gasteiger partial charge in [-0.25, -0.2) is 14.4 Å². The quantitative estimate of drug-likeness (QED) is 0.493. The molecule has 1 N–H and O–H groups in total. The lowest BCUT2D eigenvalue weighted by Crippen LogP contribution is -2.25. The van der Waals surface area contributed by atoms with Crippen molar-refractivity contribution in [2.24, 2.45) is 0 Å². The second kappa shape index (κ2) is 8.55. The maximum atomic E-state index is 14.7. The fourth-order valence-electron chi connectivity index (χ4n) is 4.38. The number of thiophene rings is 1. The van der Waals surface area contributed by atoms with Crippen molar-refractivity contribution in [2.75, 3.05) is 0 Å². The van der Waals surface area contributed by atoms with Crippen LogP contribution in [0.2, 0.25) is 0 Å². The number of aryl methyl sites for hydroxylation is 3. The Balaban J connectivity index is 1.38. The molecular formula is C24H24FN5O2S. The number of hydrogen-bond acceptors (Lipinski definition) is 5. The SMILES string of the molecule is Cc1c(C(=O)NCc2ccc(-n3ccnc3C)c(F)c2)sc2nc3n(c(=O)c12)CCCCC3. The number of fused-ring (bicyclic) bond motifs is 2. The minimum atomic E-state index is -0.389. The lowest BCUT2D eigenvalue weighted by molar-refractivity contribution is 0.0954. The standard InChI is InChI=1S/C24H24FN5O2S/c1-14-20-23(28-19-6-4-3-5-10-30(19)24(20)32)33-21(14)22(31)27-13-16-7-8-18(17(25)12-16)29-11-9-26-15(29)2/h7-9,11-12H,3-6,10,13H2,1-2H3,(H,27,31). The molecule has 9 heteroatoms. The van der Waals surface area contributed by atoms with Crippen molar-refractivity contribution in [3.8, 4) is 5.69 Å². The van der Waals surface area contributed by atoms with Gasteiger partial charge >= 0.3 is 0 Å². The first kappa shape index (κ1) is 21.5. The summed E-state index contributed by atoms with van der Waals surface area (Å²) in [7, 11) is 0. The number of aromatic nitrogens is 4. The highest BCUT2D eigenvalue weighted by atomic mass is 32.1. The second-order valence-corrected chi connectivity index (χ2v) is 9.34. The summed E-state index contributed by atoms with van der Waals surface area (Å²) in [4.78, 5) is 36.0. The highest BCUT2D eigenvalue weighted by Gasteiger charge is 2.22. The number of nitrogens with one attached hydrogen (secondary N) is 1. The molecule has 3 aromatic heterocycles. The maximum Gasteiger partial charge on any atom is 0.262 e. The number of nitrogens with zero attached hydrogens (tertiary/aromatic N) is 4. The fourth-order valence-corrected chi connectivity index (χ4v) is 5.48. The van der Waals surface area contributed by atoms with Gasteiger partial charge < -0.3 is 9.88 Å². The molecule has 1 aromatic carbocycles. The fraction of sp³-hybridized carbons (Fsp3) is 0.333. The largest absolute Gasteiger partial charge is 0.347 e. The Labute approximate surface area is 193 Å². The van der Waals surface area contributed by atoms with Gasteiger partial charge in [-0.15, -0.1) is 11.3 Å². The third-order valence-corrected chi connectivity index (χ3v) is 7.35. The molecular weight excluding hydrogens is 441 g/mol. The molecule has 0 saturated carbocycles. The maximum absolute atomic E-state index is 14.7. The van der Waals surface area contributed by atoms with Gasteiger partial charge in [-0.1, -0.05) is 12.5 Å². The van der Waals surface area contributed by atoms with Crippen LogP contribution < -0.4 is 10.9 Å². The number of carbonyl (C=O) groups excluding carboxylic acids is 1. The van der Waals surface area contributed by atoms with E-state index in [2.05, 4.69) is 10.3 Å². The Kier molecular flexibility index (Phi) is 5.57. The first-order valence-electron chi connectivity index (χ1n) is 11.0. The number of hydrogen-bond donors (Lipinski definition) is 1. The zero-order valence-electron chi connectivity index (χ0n) is 18.5. The van der Waals surface area contributed by atoms with Gasteiger partial charge in [0.2, 0.25) is 0 Å². The number of benzene rings is 1. The average Bonchev–Trinajstić information content (AvgIpc) is 3.26. The Bertz CT molecular complexity index is 1430. The number of imidazole rings is 1. The summed E-state index contributed by atoms with van der Waals surface area (Å²) in [5.74, 6) is 0.823. The molecule has 5 rings (SSSR count). The number of rotatable bonds is 4. The molecule has 0 unspecified atom stereocenters. The molecule has 7 nitrogen and oxygen atoms in total. The topological polar surface area (TPSA) is 81.8 Å². The molecule has 0 spiro atoms. The molecule has 0 saturated heterocycles. The van der Waals surface area contributed by atoms with Crippen molar-refractivity contribution in [1.82, 2.24) is 24.4 Å². The van der Waals surface area contributed by atoms with E-state index in [1.165, 1.54) is 17.4 Å². The van der Waals surface area contributed by atoms with E-state index in [-0.39, 0.29) is 23.8 Å². The highest BCUT2D eigenvalue weighted by molar-refractivity contribution is 7.20. The summed E-state index contributed by atoms with van der Waals surface area (Å²) in [6, 6.07) is 4.87. The molecule has 4 heterocycles. The lowest BCUT2D eigenvalue weighted by Gasteiger charge is -2.09. The first-order valence-corrected chi connectivity index (χ1v) is 11.9. The molecule has 170 valence electrons. The summed E-state index contributed by atoms with van der Waals surface area (Å²) in [6.45, 7) is 4.45. The molecule has 0 aliphatic carbocycles. The third-order valence-electron chi connectivity index (χ3n) is 6.17. The van der Waals surface area contributed by atoms with Crippen molar-refractivity contribution >= 4 is 27.5 Å². The van der Waals surface area contributed by atoms with Gasteiger partial charge in [0.1, 0.15) is 22.3 Å². The van der Waals surface area contributed by atoms with Gasteiger partial charge in [-0.2, -0.15) is 0 Å². The van der Waals surface area contributed by atoms with Crippen molar-refractivity contribution in [3.05, 3.63) is 74.4 Å². The number of carbonyl (C=O) groups is 1. The Morgan fingerprint density at radius 2 is 2.09 bits per heavy atom. The summed E-state index contributed by atoms with van der Waals surface area (Å²) in [5.41, 5.74) is 1.65. The highest BCUT2D eigenvalue weighted by Crippen LogP contribution is 2.28. The predicted octanol–water partition coefficient (Wildman–Crippen LogP) is 4.06. The van der Waals surface area contributed by atoms with Crippen LogP contribution in [0.25, 0.3) is 15.9 Å². The van der Waals surface area contributed by atoms with Gasteiger partial charge in [-0.05, 0) is 49.9 Å². The van der Waals surface area contributed by atoms with Crippen LogP contribution in [-0.2, 0) is 19.5 Å². The number of amides is 1.